The summed E-state index contributed by atoms with van der Waals surface area (Å²) in [7, 11) is 0. The smallest absolute Gasteiger partial charge is 0.234 e. The van der Waals surface area contributed by atoms with E-state index < -0.39 is 0 Å². The van der Waals surface area contributed by atoms with E-state index in [2.05, 4.69) is 0 Å². The molecular formula is H3B3S3. The van der Waals surface area contributed by atoms with Crippen LogP contribution in [0.5, 0.6) is 0 Å². The quantitative estimate of drug-likeness (QED) is 0.425. The zero-order valence-corrected chi connectivity index (χ0v) is 5.80. The highest BCUT2D eigenvalue weighted by molar-refractivity contribution is 8.88. The van der Waals surface area contributed by atoms with Crippen LogP contribution in [0, 0.1) is 0 Å². The molecule has 0 aromatic rings. The van der Waals surface area contributed by atoms with Crippen LogP contribution in [0.1, 0.15) is 0 Å². The highest BCUT2D eigenvalue weighted by Crippen LogP contribution is 2.20. The minimum atomic E-state index is 1.31. The molecule has 1 rings (SSSR count). The van der Waals surface area contributed by atoms with Crippen LogP contribution in [0.3, 0.4) is 0 Å². The van der Waals surface area contributed by atoms with Crippen LogP contribution in [-0.2, 0) is 0 Å². The number of rotatable bonds is 0. The second kappa shape index (κ2) is 3.27. The Morgan fingerprint density at radius 2 is 1.00 bits per heavy atom. The van der Waals surface area contributed by atoms with Crippen molar-refractivity contribution in [1.82, 2.24) is 0 Å². The second-order valence-corrected chi connectivity index (χ2v) is 5.02. The summed E-state index contributed by atoms with van der Waals surface area (Å²) in [5, 5.41) is 0. The van der Waals surface area contributed by atoms with E-state index in [-0.39, 0.29) is 0 Å². The predicted octanol–water partition coefficient (Wildman–Crippen LogP) is -0.000900. The first kappa shape index (κ1) is 5.38. The van der Waals surface area contributed by atoms with Gasteiger partial charge in [-0.3, -0.25) is 0 Å². The molecule has 6 heteroatoms. The Hall–Kier alpha value is 1.24. The highest BCUT2D eigenvalue weighted by Gasteiger charge is 2.01. The van der Waals surface area contributed by atoms with Crippen molar-refractivity contribution in [2.24, 2.45) is 0 Å². The standard InChI is InChI=1S/B3H3S3/c1-4-2-6-3-5-1/h1-3H. The van der Waals surface area contributed by atoms with E-state index in [1.807, 2.05) is 34.4 Å². The molecule has 0 nitrogen and oxygen atoms in total. The van der Waals surface area contributed by atoms with Crippen molar-refractivity contribution in [1.29, 1.82) is 0 Å². The van der Waals surface area contributed by atoms with Crippen molar-refractivity contribution >= 4 is 51.9 Å². The molecule has 0 bridgehead atoms. The van der Waals surface area contributed by atoms with Crippen molar-refractivity contribution in [3.05, 3.63) is 0 Å². The molecule has 30 valence electrons. The lowest BCUT2D eigenvalue weighted by atomic mass is 10.6. The Labute approximate surface area is 52.1 Å². The van der Waals surface area contributed by atoms with Crippen molar-refractivity contribution in [3.8, 4) is 0 Å². The van der Waals surface area contributed by atoms with Crippen molar-refractivity contribution in [2.75, 3.05) is 0 Å². The fraction of sp³-hybridized carbons (Fsp3) is 0. The van der Waals surface area contributed by atoms with E-state index in [0.717, 1.165) is 0 Å². The van der Waals surface area contributed by atoms with Crippen LogP contribution < -0.4 is 0 Å². The summed E-state index contributed by atoms with van der Waals surface area (Å²) in [6, 6.07) is 0. The molecule has 1 saturated heterocycles. The van der Waals surface area contributed by atoms with E-state index in [1.54, 1.807) is 0 Å². The van der Waals surface area contributed by atoms with E-state index >= 15 is 0 Å². The topological polar surface area (TPSA) is 0 Å². The van der Waals surface area contributed by atoms with E-state index in [4.69, 9.17) is 0 Å². The van der Waals surface area contributed by atoms with Gasteiger partial charge in [-0.05, 0) is 0 Å². The summed E-state index contributed by atoms with van der Waals surface area (Å²) in [5.74, 6) is 3.94. The summed E-state index contributed by atoms with van der Waals surface area (Å²) in [6.07, 6.45) is 0. The number of hydrogen-bond acceptors (Lipinski definition) is 3. The van der Waals surface area contributed by atoms with Gasteiger partial charge in [0.2, 0.25) is 17.5 Å². The molecule has 0 unspecified atom stereocenters. The molecule has 1 aliphatic heterocycles. The third-order valence-electron chi connectivity index (χ3n) is 0.500. The molecule has 1 aliphatic rings. The molecule has 0 N–H and O–H groups in total. The maximum atomic E-state index is 2.02. The molecule has 1 fully saturated rings. The molecular weight excluding hydrogens is 129 g/mol. The minimum Gasteiger partial charge on any atom is -0.239 e. The summed E-state index contributed by atoms with van der Waals surface area (Å²) in [5.41, 5.74) is 0. The normalized spacial score (nSPS) is 20.0. The first-order chi connectivity index (χ1) is 3.00. The Bertz CT molecular complexity index is 21.5. The molecule has 0 radical (unpaired) electrons. The first-order valence-electron chi connectivity index (χ1n) is 1.73. The SMILES string of the molecule is B1SBSBS1. The van der Waals surface area contributed by atoms with Gasteiger partial charge in [-0.15, -0.1) is 0 Å². The van der Waals surface area contributed by atoms with Crippen LogP contribution in [-0.4, -0.2) is 17.5 Å². The maximum absolute atomic E-state index is 2.02. The van der Waals surface area contributed by atoms with Gasteiger partial charge in [0.1, 0.15) is 0 Å². The molecule has 1 heterocycles. The monoisotopic (exact) mass is 132 g/mol. The minimum absolute atomic E-state index is 1.31. The van der Waals surface area contributed by atoms with Crippen molar-refractivity contribution in [3.63, 3.8) is 0 Å². The van der Waals surface area contributed by atoms with E-state index in [0.29, 0.717) is 0 Å². The Morgan fingerprint density at radius 1 is 0.667 bits per heavy atom. The molecule has 0 aromatic heterocycles. The van der Waals surface area contributed by atoms with Gasteiger partial charge in [-0.2, -0.15) is 0 Å². The fourth-order valence-electron chi connectivity index (χ4n) is 0.279. The third-order valence-corrected chi connectivity index (χ3v) is 4.50. The van der Waals surface area contributed by atoms with Gasteiger partial charge < -0.3 is 0 Å². The summed E-state index contributed by atoms with van der Waals surface area (Å²) in [6.45, 7) is 0. The van der Waals surface area contributed by atoms with Crippen LogP contribution in [0.25, 0.3) is 0 Å². The third kappa shape index (κ3) is 1.80. The van der Waals surface area contributed by atoms with Gasteiger partial charge in [0, 0.05) is 0 Å². The molecule has 0 amide bonds. The molecule has 0 aliphatic carbocycles. The second-order valence-electron chi connectivity index (χ2n) is 0.966. The summed E-state index contributed by atoms with van der Waals surface area (Å²) in [4.78, 5) is 0. The molecule has 6 heavy (non-hydrogen) atoms. The van der Waals surface area contributed by atoms with Crippen LogP contribution >= 0.6 is 34.4 Å². The average Bonchev–Trinajstić information content (AvgIpc) is 1.72. The predicted molar refractivity (Wildman–Crippen MR) is 44.2 cm³/mol. The summed E-state index contributed by atoms with van der Waals surface area (Å²) >= 11 is 6.06. The zero-order chi connectivity index (χ0) is 4.24. The number of hydrogen-bond donors (Lipinski definition) is 0. The lowest BCUT2D eigenvalue weighted by Crippen LogP contribution is -1.93. The highest BCUT2D eigenvalue weighted by atomic mass is 32.3. The van der Waals surface area contributed by atoms with E-state index in [1.165, 1.54) is 17.5 Å². The van der Waals surface area contributed by atoms with Gasteiger partial charge in [0.15, 0.2) is 0 Å². The van der Waals surface area contributed by atoms with Gasteiger partial charge >= 0.3 is 0 Å². The largest absolute Gasteiger partial charge is 0.239 e. The average molecular weight is 132 g/mol. The molecule has 0 atom stereocenters. The van der Waals surface area contributed by atoms with Gasteiger partial charge in [-0.1, -0.05) is 0 Å². The van der Waals surface area contributed by atoms with Gasteiger partial charge in [0.25, 0.3) is 0 Å². The summed E-state index contributed by atoms with van der Waals surface area (Å²) < 4.78 is 0. The van der Waals surface area contributed by atoms with Gasteiger partial charge in [0.05, 0.1) is 0 Å². The molecule has 0 aromatic carbocycles. The maximum Gasteiger partial charge on any atom is 0.234 e. The Kier molecular flexibility index (Phi) is 2.94. The zero-order valence-electron chi connectivity index (χ0n) is 3.35. The molecule has 0 spiro atoms. The lowest BCUT2D eigenvalue weighted by molar-refractivity contribution is 4.47. The molecule has 0 saturated carbocycles. The van der Waals surface area contributed by atoms with Gasteiger partial charge in [-0.25, -0.2) is 34.4 Å². The van der Waals surface area contributed by atoms with Crippen LogP contribution in [0.2, 0.25) is 0 Å². The Balaban J connectivity index is 2.00. The Morgan fingerprint density at radius 3 is 1.17 bits per heavy atom. The van der Waals surface area contributed by atoms with Crippen molar-refractivity contribution < 1.29 is 0 Å². The van der Waals surface area contributed by atoms with Crippen LogP contribution in [0.4, 0.5) is 0 Å². The van der Waals surface area contributed by atoms with E-state index in [9.17, 15) is 0 Å². The lowest BCUT2D eigenvalue weighted by Gasteiger charge is -2.02. The first-order valence-corrected chi connectivity index (χ1v) is 5.20. The van der Waals surface area contributed by atoms with Crippen molar-refractivity contribution in [2.45, 2.75) is 0 Å². The van der Waals surface area contributed by atoms with Crippen LogP contribution in [0.15, 0.2) is 0 Å². The fourth-order valence-corrected chi connectivity index (χ4v) is 4.35.